The SMILES string of the molecule is Cc1c2n(c3ccccc13)C(=O)C1(C)CN(C(C)(C)C)c3cccc-2c31. The molecule has 3 heteroatoms. The van der Waals surface area contributed by atoms with Crippen molar-refractivity contribution in [3.8, 4) is 11.3 Å². The Morgan fingerprint density at radius 1 is 1.04 bits per heavy atom. The number of nitrogens with zero attached hydrogens (tertiary/aromatic N) is 2. The average molecular weight is 344 g/mol. The molecule has 0 saturated carbocycles. The first-order valence-corrected chi connectivity index (χ1v) is 9.31. The van der Waals surface area contributed by atoms with Crippen molar-refractivity contribution < 1.29 is 4.79 Å². The maximum Gasteiger partial charge on any atom is 0.243 e. The topological polar surface area (TPSA) is 25.2 Å². The minimum atomic E-state index is -0.513. The van der Waals surface area contributed by atoms with Crippen LogP contribution in [0.25, 0.3) is 22.2 Å². The summed E-state index contributed by atoms with van der Waals surface area (Å²) in [5, 5.41) is 1.17. The van der Waals surface area contributed by atoms with Crippen LogP contribution in [0.2, 0.25) is 0 Å². The second kappa shape index (κ2) is 4.59. The number of hydrogen-bond donors (Lipinski definition) is 0. The Hall–Kier alpha value is -2.55. The lowest BCUT2D eigenvalue weighted by Gasteiger charge is -2.36. The predicted octanol–water partition coefficient (Wildman–Crippen LogP) is 5.15. The quantitative estimate of drug-likeness (QED) is 0.564. The van der Waals surface area contributed by atoms with E-state index in [1.54, 1.807) is 0 Å². The van der Waals surface area contributed by atoms with Crippen molar-refractivity contribution in [3.63, 3.8) is 0 Å². The number of hydrogen-bond acceptors (Lipinski definition) is 2. The molecule has 0 N–H and O–H groups in total. The first-order chi connectivity index (χ1) is 12.2. The van der Waals surface area contributed by atoms with Crippen molar-refractivity contribution in [2.45, 2.75) is 45.6 Å². The van der Waals surface area contributed by atoms with Crippen LogP contribution in [-0.4, -0.2) is 22.6 Å². The molecule has 1 atom stereocenters. The zero-order valence-electron chi connectivity index (χ0n) is 16.1. The Morgan fingerprint density at radius 2 is 1.77 bits per heavy atom. The number of anilines is 1. The van der Waals surface area contributed by atoms with Gasteiger partial charge in [-0.2, -0.15) is 0 Å². The summed E-state index contributed by atoms with van der Waals surface area (Å²) < 4.78 is 1.98. The lowest BCUT2D eigenvalue weighted by atomic mass is 9.77. The molecule has 0 aliphatic carbocycles. The van der Waals surface area contributed by atoms with E-state index < -0.39 is 5.41 Å². The van der Waals surface area contributed by atoms with Crippen LogP contribution in [0.15, 0.2) is 42.5 Å². The molecule has 3 heterocycles. The number of carbonyl (C=O) groups excluding carboxylic acids is 1. The highest BCUT2D eigenvalue weighted by Crippen LogP contribution is 2.53. The van der Waals surface area contributed by atoms with Crippen LogP contribution in [-0.2, 0) is 5.41 Å². The molecule has 2 aromatic carbocycles. The molecule has 26 heavy (non-hydrogen) atoms. The summed E-state index contributed by atoms with van der Waals surface area (Å²) in [4.78, 5) is 16.2. The van der Waals surface area contributed by atoms with Gasteiger partial charge >= 0.3 is 0 Å². The average Bonchev–Trinajstić information content (AvgIpc) is 3.08. The number of aryl methyl sites for hydroxylation is 1. The van der Waals surface area contributed by atoms with E-state index in [1.165, 1.54) is 27.8 Å². The minimum Gasteiger partial charge on any atom is -0.365 e. The molecule has 0 spiro atoms. The number of aromatic nitrogens is 1. The maximum absolute atomic E-state index is 13.8. The van der Waals surface area contributed by atoms with Crippen LogP contribution in [0.5, 0.6) is 0 Å². The molecule has 132 valence electrons. The third-order valence-electron chi connectivity index (χ3n) is 6.23. The van der Waals surface area contributed by atoms with E-state index in [0.29, 0.717) is 0 Å². The Balaban J connectivity index is 1.92. The summed E-state index contributed by atoms with van der Waals surface area (Å²) in [6.45, 7) is 11.7. The summed E-state index contributed by atoms with van der Waals surface area (Å²) in [6.07, 6.45) is 0. The fourth-order valence-corrected chi connectivity index (χ4v) is 4.98. The van der Waals surface area contributed by atoms with Gasteiger partial charge in [-0.25, -0.2) is 0 Å². The minimum absolute atomic E-state index is 0.0263. The Morgan fingerprint density at radius 3 is 2.50 bits per heavy atom. The van der Waals surface area contributed by atoms with Crippen LogP contribution < -0.4 is 4.90 Å². The number of rotatable bonds is 0. The molecule has 1 aromatic heterocycles. The standard InChI is InChI=1S/C23H24N2O/c1-14-15-9-6-7-11-17(15)25-20(14)16-10-8-12-18-19(16)23(5,21(25)26)13-24(18)22(2,3)4/h6-12H,13H2,1-5H3. The maximum atomic E-state index is 13.8. The van der Waals surface area contributed by atoms with Crippen molar-refractivity contribution in [1.82, 2.24) is 4.57 Å². The summed E-state index contributed by atoms with van der Waals surface area (Å²) >= 11 is 0. The zero-order chi connectivity index (χ0) is 18.4. The third-order valence-corrected chi connectivity index (χ3v) is 6.23. The van der Waals surface area contributed by atoms with E-state index in [-0.39, 0.29) is 11.4 Å². The van der Waals surface area contributed by atoms with E-state index >= 15 is 0 Å². The molecule has 0 radical (unpaired) electrons. The lowest BCUT2D eigenvalue weighted by molar-refractivity contribution is 0.0820. The lowest BCUT2D eigenvalue weighted by Crippen LogP contribution is -2.48. The van der Waals surface area contributed by atoms with Crippen LogP contribution >= 0.6 is 0 Å². The molecule has 0 saturated heterocycles. The highest BCUT2D eigenvalue weighted by molar-refractivity contribution is 6.10. The number of fused-ring (bicyclic) bond motifs is 4. The van der Waals surface area contributed by atoms with E-state index in [1.807, 2.05) is 10.6 Å². The van der Waals surface area contributed by atoms with Gasteiger partial charge in [-0.15, -0.1) is 0 Å². The van der Waals surface area contributed by atoms with E-state index in [0.717, 1.165) is 17.8 Å². The Bertz CT molecular complexity index is 1100. The van der Waals surface area contributed by atoms with Gasteiger partial charge in [-0.3, -0.25) is 9.36 Å². The van der Waals surface area contributed by atoms with Gasteiger partial charge in [0, 0.05) is 34.3 Å². The number of carbonyl (C=O) groups is 1. The molecule has 1 unspecified atom stereocenters. The summed E-state index contributed by atoms with van der Waals surface area (Å²) in [6, 6.07) is 14.8. The second-order valence-electron chi connectivity index (χ2n) is 8.92. The van der Waals surface area contributed by atoms with Crippen LogP contribution in [0.3, 0.4) is 0 Å². The molecule has 5 rings (SSSR count). The highest BCUT2D eigenvalue weighted by Gasteiger charge is 2.52. The van der Waals surface area contributed by atoms with Gasteiger partial charge in [0.2, 0.25) is 5.91 Å². The molecule has 3 aromatic rings. The number of para-hydroxylation sites is 1. The van der Waals surface area contributed by atoms with Crippen LogP contribution in [0.1, 0.15) is 43.6 Å². The van der Waals surface area contributed by atoms with E-state index in [9.17, 15) is 4.79 Å². The third kappa shape index (κ3) is 1.66. The molecule has 0 fully saturated rings. The fraction of sp³-hybridized carbons (Fsp3) is 0.348. The van der Waals surface area contributed by atoms with Gasteiger partial charge in [0.05, 0.1) is 16.6 Å². The van der Waals surface area contributed by atoms with Gasteiger partial charge in [0.15, 0.2) is 0 Å². The largest absolute Gasteiger partial charge is 0.365 e. The normalized spacial score (nSPS) is 21.3. The fourth-order valence-electron chi connectivity index (χ4n) is 4.98. The van der Waals surface area contributed by atoms with Crippen molar-refractivity contribution in [2.75, 3.05) is 11.4 Å². The van der Waals surface area contributed by atoms with Crippen molar-refractivity contribution >= 4 is 22.5 Å². The summed E-state index contributed by atoms with van der Waals surface area (Å²) in [7, 11) is 0. The Kier molecular flexibility index (Phi) is 2.77. The van der Waals surface area contributed by atoms with Crippen molar-refractivity contribution in [3.05, 3.63) is 53.6 Å². The molecular weight excluding hydrogens is 320 g/mol. The first kappa shape index (κ1) is 15.7. The zero-order valence-corrected chi connectivity index (χ0v) is 16.1. The molecule has 0 amide bonds. The van der Waals surface area contributed by atoms with Gasteiger partial charge in [0.1, 0.15) is 0 Å². The number of benzene rings is 2. The van der Waals surface area contributed by atoms with E-state index in [4.69, 9.17) is 0 Å². The van der Waals surface area contributed by atoms with Gasteiger partial charge in [-0.05, 0) is 52.3 Å². The predicted molar refractivity (Wildman–Crippen MR) is 107 cm³/mol. The summed E-state index contributed by atoms with van der Waals surface area (Å²) in [5.74, 6) is 0.198. The summed E-state index contributed by atoms with van der Waals surface area (Å²) in [5.41, 5.74) is 6.38. The van der Waals surface area contributed by atoms with Crippen LogP contribution in [0, 0.1) is 6.92 Å². The van der Waals surface area contributed by atoms with Gasteiger partial charge in [-0.1, -0.05) is 30.3 Å². The monoisotopic (exact) mass is 344 g/mol. The smallest absolute Gasteiger partial charge is 0.243 e. The van der Waals surface area contributed by atoms with Crippen molar-refractivity contribution in [1.29, 1.82) is 0 Å². The molecule has 3 nitrogen and oxygen atoms in total. The molecule has 2 aliphatic heterocycles. The molecule has 2 aliphatic rings. The van der Waals surface area contributed by atoms with Gasteiger partial charge < -0.3 is 4.90 Å². The highest BCUT2D eigenvalue weighted by atomic mass is 16.2. The second-order valence-corrected chi connectivity index (χ2v) is 8.92. The Labute approximate surface area is 154 Å². The molecular formula is C23H24N2O. The van der Waals surface area contributed by atoms with Crippen molar-refractivity contribution in [2.24, 2.45) is 0 Å². The first-order valence-electron chi connectivity index (χ1n) is 9.31. The van der Waals surface area contributed by atoms with Crippen LogP contribution in [0.4, 0.5) is 5.69 Å². The van der Waals surface area contributed by atoms with Gasteiger partial charge in [0.25, 0.3) is 0 Å². The molecule has 0 bridgehead atoms. The van der Waals surface area contributed by atoms with E-state index in [2.05, 4.69) is 75.9 Å².